The number of hydrogen-bond acceptors (Lipinski definition) is 4. The Labute approximate surface area is 216 Å². The van der Waals surface area contributed by atoms with Gasteiger partial charge in [-0.25, -0.2) is 8.42 Å². The van der Waals surface area contributed by atoms with Crippen LogP contribution in [0.1, 0.15) is 32.8 Å². The topological polar surface area (TPSA) is 86.8 Å². The lowest BCUT2D eigenvalue weighted by molar-refractivity contribution is -0.140. The molecule has 2 aromatic rings. The minimum atomic E-state index is -3.86. The summed E-state index contributed by atoms with van der Waals surface area (Å²) in [6, 6.07) is 10.3. The first-order chi connectivity index (χ1) is 15.8. The van der Waals surface area contributed by atoms with Gasteiger partial charge in [0.05, 0.1) is 22.0 Å². The van der Waals surface area contributed by atoms with E-state index < -0.39 is 28.5 Å². The highest BCUT2D eigenvalue weighted by Gasteiger charge is 2.32. The molecular formula is C23H28Cl3N3O4S. The molecule has 0 aromatic heterocycles. The van der Waals surface area contributed by atoms with Gasteiger partial charge in [0.2, 0.25) is 21.8 Å². The predicted octanol–water partition coefficient (Wildman–Crippen LogP) is 4.74. The minimum Gasteiger partial charge on any atom is -0.352 e. The van der Waals surface area contributed by atoms with Gasteiger partial charge in [0.25, 0.3) is 0 Å². The van der Waals surface area contributed by atoms with E-state index in [-0.39, 0.29) is 34.2 Å². The van der Waals surface area contributed by atoms with E-state index >= 15 is 0 Å². The second-order valence-corrected chi connectivity index (χ2v) is 11.3. The summed E-state index contributed by atoms with van der Waals surface area (Å²) in [6.45, 7) is 5.02. The molecule has 11 heteroatoms. The Morgan fingerprint density at radius 3 is 2.12 bits per heavy atom. The molecule has 2 amide bonds. The Bertz CT molecular complexity index is 1120. The van der Waals surface area contributed by atoms with Crippen LogP contribution in [0.3, 0.4) is 0 Å². The summed E-state index contributed by atoms with van der Waals surface area (Å²) in [7, 11) is -3.86. The van der Waals surface area contributed by atoms with Crippen molar-refractivity contribution in [3.63, 3.8) is 0 Å². The van der Waals surface area contributed by atoms with Crippen LogP contribution in [-0.2, 0) is 26.2 Å². The van der Waals surface area contributed by atoms with Crippen molar-refractivity contribution < 1.29 is 18.0 Å². The van der Waals surface area contributed by atoms with Gasteiger partial charge in [-0.15, -0.1) is 0 Å². The fourth-order valence-corrected chi connectivity index (χ4v) is 4.60. The van der Waals surface area contributed by atoms with Gasteiger partial charge in [-0.2, -0.15) is 0 Å². The lowest BCUT2D eigenvalue weighted by atomic mass is 10.1. The fraction of sp³-hybridized carbons (Fsp3) is 0.391. The number of rotatable bonds is 10. The van der Waals surface area contributed by atoms with Gasteiger partial charge in [0, 0.05) is 17.6 Å². The summed E-state index contributed by atoms with van der Waals surface area (Å²) in [6.07, 6.45) is 1.33. The smallest absolute Gasteiger partial charge is 0.244 e. The first-order valence-corrected chi connectivity index (χ1v) is 13.6. The summed E-state index contributed by atoms with van der Waals surface area (Å²) in [5.41, 5.74) is 0.936. The number of halogens is 3. The number of carbonyl (C=O) groups excluding carboxylic acids is 2. The first kappa shape index (κ1) is 28.2. The van der Waals surface area contributed by atoms with E-state index in [1.807, 2.05) is 13.8 Å². The molecule has 0 aliphatic carbocycles. The Morgan fingerprint density at radius 2 is 1.62 bits per heavy atom. The van der Waals surface area contributed by atoms with Gasteiger partial charge in [-0.3, -0.25) is 13.9 Å². The molecule has 7 nitrogen and oxygen atoms in total. The van der Waals surface area contributed by atoms with Gasteiger partial charge in [-0.05, 0) is 56.2 Å². The van der Waals surface area contributed by atoms with E-state index in [4.69, 9.17) is 34.8 Å². The van der Waals surface area contributed by atoms with Crippen LogP contribution < -0.4 is 9.62 Å². The van der Waals surface area contributed by atoms with E-state index in [2.05, 4.69) is 5.32 Å². The summed E-state index contributed by atoms with van der Waals surface area (Å²) in [5.74, 6) is -0.863. The van der Waals surface area contributed by atoms with Crippen molar-refractivity contribution in [3.05, 3.63) is 63.1 Å². The maximum Gasteiger partial charge on any atom is 0.244 e. The van der Waals surface area contributed by atoms with E-state index in [1.165, 1.54) is 23.1 Å². The second-order valence-electron chi connectivity index (χ2n) is 8.10. The van der Waals surface area contributed by atoms with Crippen molar-refractivity contribution in [1.29, 1.82) is 0 Å². The van der Waals surface area contributed by atoms with Crippen molar-refractivity contribution >= 4 is 62.3 Å². The zero-order valence-corrected chi connectivity index (χ0v) is 22.5. The molecule has 1 unspecified atom stereocenters. The zero-order valence-electron chi connectivity index (χ0n) is 19.4. The third-order valence-corrected chi connectivity index (χ3v) is 7.08. The monoisotopic (exact) mass is 547 g/mol. The molecule has 0 saturated heterocycles. The summed E-state index contributed by atoms with van der Waals surface area (Å²) in [4.78, 5) is 27.8. The van der Waals surface area contributed by atoms with Crippen molar-refractivity contribution in [3.8, 4) is 0 Å². The van der Waals surface area contributed by atoms with Crippen LogP contribution in [0.2, 0.25) is 15.1 Å². The van der Waals surface area contributed by atoms with E-state index in [9.17, 15) is 18.0 Å². The fourth-order valence-electron chi connectivity index (χ4n) is 3.34. The molecule has 0 heterocycles. The van der Waals surface area contributed by atoms with Gasteiger partial charge in [0.15, 0.2) is 0 Å². The van der Waals surface area contributed by atoms with E-state index in [1.54, 1.807) is 31.2 Å². The molecule has 1 N–H and O–H groups in total. The lowest BCUT2D eigenvalue weighted by Crippen LogP contribution is -2.53. The molecule has 0 radical (unpaired) electrons. The SMILES string of the molecule is CCC(C(=O)NC(C)C)N(Cc1ccc(Cl)cc1)C(=O)CN(c1ccc(Cl)c(Cl)c1)S(C)(=O)=O. The highest BCUT2D eigenvalue weighted by Crippen LogP contribution is 2.28. The van der Waals surface area contributed by atoms with E-state index in [0.29, 0.717) is 11.4 Å². The molecule has 0 fully saturated rings. The summed E-state index contributed by atoms with van der Waals surface area (Å²) < 4.78 is 26.1. The zero-order chi connectivity index (χ0) is 25.6. The van der Waals surface area contributed by atoms with Crippen molar-refractivity contribution in [2.45, 2.75) is 45.8 Å². The van der Waals surface area contributed by atoms with Crippen LogP contribution in [-0.4, -0.2) is 50.0 Å². The molecular weight excluding hydrogens is 521 g/mol. The number of nitrogens with one attached hydrogen (secondary N) is 1. The highest BCUT2D eigenvalue weighted by molar-refractivity contribution is 7.92. The number of amides is 2. The normalized spacial score (nSPS) is 12.4. The first-order valence-electron chi connectivity index (χ1n) is 10.6. The molecule has 34 heavy (non-hydrogen) atoms. The summed E-state index contributed by atoms with van der Waals surface area (Å²) >= 11 is 18.0. The number of nitrogens with zero attached hydrogens (tertiary/aromatic N) is 2. The number of anilines is 1. The number of hydrogen-bond donors (Lipinski definition) is 1. The van der Waals surface area contributed by atoms with Gasteiger partial charge in [-0.1, -0.05) is 53.9 Å². The van der Waals surface area contributed by atoms with Crippen LogP contribution >= 0.6 is 34.8 Å². The molecule has 0 aliphatic heterocycles. The molecule has 2 rings (SSSR count). The molecule has 0 saturated carbocycles. The Balaban J connectivity index is 2.45. The van der Waals surface area contributed by atoms with Crippen LogP contribution in [0, 0.1) is 0 Å². The number of sulfonamides is 1. The quantitative estimate of drug-likeness (QED) is 0.464. The van der Waals surface area contributed by atoms with Gasteiger partial charge < -0.3 is 10.2 Å². The minimum absolute atomic E-state index is 0.0962. The molecule has 0 aliphatic rings. The molecule has 186 valence electrons. The summed E-state index contributed by atoms with van der Waals surface area (Å²) in [5, 5.41) is 3.78. The number of benzene rings is 2. The van der Waals surface area contributed by atoms with Crippen molar-refractivity contribution in [2.75, 3.05) is 17.1 Å². The molecule has 2 aromatic carbocycles. The van der Waals surface area contributed by atoms with Crippen LogP contribution in [0.4, 0.5) is 5.69 Å². The van der Waals surface area contributed by atoms with Crippen LogP contribution in [0.25, 0.3) is 0 Å². The molecule has 0 spiro atoms. The predicted molar refractivity (Wildman–Crippen MR) is 138 cm³/mol. The highest BCUT2D eigenvalue weighted by atomic mass is 35.5. The Morgan fingerprint density at radius 1 is 1.00 bits per heavy atom. The van der Waals surface area contributed by atoms with Gasteiger partial charge in [0.1, 0.15) is 12.6 Å². The maximum atomic E-state index is 13.5. The standard InChI is InChI=1S/C23H28Cl3N3O4S/c1-5-21(23(31)27-15(2)3)28(13-16-6-8-17(24)9-7-16)22(30)14-29(34(4,32)33)18-10-11-19(25)20(26)12-18/h6-12,15,21H,5,13-14H2,1-4H3,(H,27,31). The van der Waals surface area contributed by atoms with E-state index in [0.717, 1.165) is 16.1 Å². The van der Waals surface area contributed by atoms with Crippen molar-refractivity contribution in [2.24, 2.45) is 0 Å². The number of carbonyl (C=O) groups is 2. The lowest BCUT2D eigenvalue weighted by Gasteiger charge is -2.33. The molecule has 0 bridgehead atoms. The van der Waals surface area contributed by atoms with Gasteiger partial charge >= 0.3 is 0 Å². The third kappa shape index (κ3) is 7.77. The third-order valence-electron chi connectivity index (χ3n) is 4.95. The van der Waals surface area contributed by atoms with Crippen molar-refractivity contribution in [1.82, 2.24) is 10.2 Å². The van der Waals surface area contributed by atoms with Crippen LogP contribution in [0.15, 0.2) is 42.5 Å². The maximum absolute atomic E-state index is 13.5. The average molecular weight is 549 g/mol. The van der Waals surface area contributed by atoms with Crippen LogP contribution in [0.5, 0.6) is 0 Å². The largest absolute Gasteiger partial charge is 0.352 e. The molecule has 1 atom stereocenters. The average Bonchev–Trinajstić information content (AvgIpc) is 2.74. The second kappa shape index (κ2) is 12.1. The Kier molecular flexibility index (Phi) is 10.1. The Hall–Kier alpha value is -2.00.